The molecular formula is C18H22F6FeN4O6S2+2. The fourth-order valence-electron chi connectivity index (χ4n) is 2.00. The summed E-state index contributed by atoms with van der Waals surface area (Å²) in [6.07, 6.45) is 3.69. The molecule has 0 aromatic carbocycles. The predicted octanol–water partition coefficient (Wildman–Crippen LogP) is 2.14. The molecular weight excluding hydrogens is 602 g/mol. The van der Waals surface area contributed by atoms with Gasteiger partial charge in [0.2, 0.25) is 0 Å². The molecule has 0 aliphatic rings. The van der Waals surface area contributed by atoms with Crippen molar-refractivity contribution in [3.8, 4) is 0 Å². The van der Waals surface area contributed by atoms with Crippen LogP contribution in [0.15, 0.2) is 48.8 Å². The average molecular weight is 624 g/mol. The van der Waals surface area contributed by atoms with Gasteiger partial charge in [0.05, 0.1) is 11.4 Å². The molecule has 0 radical (unpaired) electrons. The van der Waals surface area contributed by atoms with Crippen LogP contribution in [0.3, 0.4) is 0 Å². The maximum Gasteiger partial charge on any atom is 4.00 e. The van der Waals surface area contributed by atoms with Gasteiger partial charge in [0.25, 0.3) is 0 Å². The first-order chi connectivity index (χ1) is 16.2. The van der Waals surface area contributed by atoms with E-state index in [0.717, 1.165) is 37.6 Å². The minimum absolute atomic E-state index is 0. The molecule has 0 amide bonds. The van der Waals surface area contributed by atoms with Crippen molar-refractivity contribution in [1.29, 1.82) is 0 Å². The maximum absolute atomic E-state index is 10.7. The van der Waals surface area contributed by atoms with E-state index < -0.39 is 31.3 Å². The number of hydrogen-bond acceptors (Lipinski definition) is 10. The van der Waals surface area contributed by atoms with Gasteiger partial charge in [-0.05, 0) is 38.4 Å². The van der Waals surface area contributed by atoms with Crippen molar-refractivity contribution in [2.45, 2.75) is 24.1 Å². The van der Waals surface area contributed by atoms with E-state index in [1.165, 1.54) is 0 Å². The fraction of sp³-hybridized carbons (Fsp3) is 0.444. The number of alkyl halides is 6. The van der Waals surface area contributed by atoms with E-state index in [-0.39, 0.29) is 17.1 Å². The van der Waals surface area contributed by atoms with Crippen LogP contribution in [-0.2, 0) is 50.4 Å². The van der Waals surface area contributed by atoms with Gasteiger partial charge in [-0.15, -0.1) is 0 Å². The van der Waals surface area contributed by atoms with Gasteiger partial charge in [-0.3, -0.25) is 14.9 Å². The van der Waals surface area contributed by atoms with Gasteiger partial charge in [-0.2, -0.15) is 26.3 Å². The van der Waals surface area contributed by atoms with Crippen LogP contribution in [0.1, 0.15) is 11.4 Å². The number of aromatic nitrogens is 2. The minimum Gasteiger partial charge on any atom is -0.741 e. The van der Waals surface area contributed by atoms with Crippen molar-refractivity contribution in [1.82, 2.24) is 19.8 Å². The molecule has 10 nitrogen and oxygen atoms in total. The first-order valence-electron chi connectivity index (χ1n) is 9.45. The molecule has 0 bridgehead atoms. The summed E-state index contributed by atoms with van der Waals surface area (Å²) in [6, 6.07) is 12.1. The van der Waals surface area contributed by atoms with Gasteiger partial charge in [0.15, 0.2) is 20.2 Å². The molecule has 0 unspecified atom stereocenters. The molecule has 0 aliphatic heterocycles. The molecule has 2 heterocycles. The second-order valence-electron chi connectivity index (χ2n) is 6.96. The van der Waals surface area contributed by atoms with Crippen LogP contribution < -0.4 is 0 Å². The number of pyridine rings is 2. The number of likely N-dealkylation sites (N-methyl/N-ethyl adjacent to an activating group) is 1. The van der Waals surface area contributed by atoms with Crippen LogP contribution in [0, 0.1) is 0 Å². The molecule has 0 aliphatic carbocycles. The van der Waals surface area contributed by atoms with E-state index in [1.807, 2.05) is 36.7 Å². The Morgan fingerprint density at radius 2 is 1.05 bits per heavy atom. The molecule has 37 heavy (non-hydrogen) atoms. The molecule has 2 aromatic heterocycles. The summed E-state index contributed by atoms with van der Waals surface area (Å²) in [7, 11) is -7.99. The van der Waals surface area contributed by atoms with Crippen molar-refractivity contribution in [3.05, 3.63) is 60.2 Å². The number of hydrogen-bond donors (Lipinski definition) is 0. The van der Waals surface area contributed by atoms with Crippen LogP contribution in [0.25, 0.3) is 0 Å². The summed E-state index contributed by atoms with van der Waals surface area (Å²) >= 11 is 0. The van der Waals surface area contributed by atoms with E-state index in [4.69, 9.17) is 25.9 Å². The third-order valence-electron chi connectivity index (χ3n) is 3.65. The summed E-state index contributed by atoms with van der Waals surface area (Å²) in [5.74, 6) is 0. The predicted molar refractivity (Wildman–Crippen MR) is 113 cm³/mol. The SMILES string of the molecule is CN(C)CCN(Cc1ccccn1)Cc1ccccn1.O=S(=O)([O-])C(F)(F)F.O=S(=O)([O-])C(F)(F)F.[Fe+4]. The first kappa shape index (κ1) is 37.3. The van der Waals surface area contributed by atoms with Crippen LogP contribution >= 0.6 is 0 Å². The van der Waals surface area contributed by atoms with Crippen molar-refractivity contribution < 1.29 is 69.4 Å². The maximum atomic E-state index is 10.7. The van der Waals surface area contributed by atoms with Gasteiger partial charge < -0.3 is 14.0 Å². The second kappa shape index (κ2) is 16.2. The van der Waals surface area contributed by atoms with Crippen LogP contribution in [-0.4, -0.2) is 83.9 Å². The van der Waals surface area contributed by atoms with E-state index in [2.05, 4.69) is 46.0 Å². The smallest absolute Gasteiger partial charge is 0.741 e. The number of nitrogens with zero attached hydrogens (tertiary/aromatic N) is 4. The zero-order valence-electron chi connectivity index (χ0n) is 19.1. The summed E-state index contributed by atoms with van der Waals surface area (Å²) in [6.45, 7) is 3.73. The van der Waals surface area contributed by atoms with Gasteiger partial charge in [-0.1, -0.05) is 12.1 Å². The summed E-state index contributed by atoms with van der Waals surface area (Å²) in [4.78, 5) is 13.4. The Morgan fingerprint density at radius 3 is 1.27 bits per heavy atom. The number of halogens is 6. The average Bonchev–Trinajstić information content (AvgIpc) is 2.71. The van der Waals surface area contributed by atoms with E-state index in [0.29, 0.717) is 0 Å². The van der Waals surface area contributed by atoms with E-state index in [1.54, 1.807) is 0 Å². The molecule has 19 heteroatoms. The Balaban J connectivity index is 0. The molecule has 0 N–H and O–H groups in total. The third kappa shape index (κ3) is 17.3. The Morgan fingerprint density at radius 1 is 0.730 bits per heavy atom. The van der Waals surface area contributed by atoms with Crippen molar-refractivity contribution >= 4 is 20.2 Å². The molecule has 210 valence electrons. The van der Waals surface area contributed by atoms with Gasteiger partial charge in [0, 0.05) is 38.6 Å². The van der Waals surface area contributed by atoms with Crippen molar-refractivity contribution in [2.24, 2.45) is 0 Å². The zero-order valence-corrected chi connectivity index (χ0v) is 21.9. The Labute approximate surface area is 220 Å². The third-order valence-corrected chi connectivity index (χ3v) is 4.79. The Bertz CT molecular complexity index is 1020. The molecule has 0 fully saturated rings. The van der Waals surface area contributed by atoms with E-state index >= 15 is 0 Å². The molecule has 0 atom stereocenters. The molecule has 0 spiro atoms. The monoisotopic (exact) mass is 624 g/mol. The minimum atomic E-state index is -6.09. The van der Waals surface area contributed by atoms with Gasteiger partial charge in [0.1, 0.15) is 0 Å². The van der Waals surface area contributed by atoms with Crippen LogP contribution in [0.4, 0.5) is 26.3 Å². The molecule has 0 saturated carbocycles. The van der Waals surface area contributed by atoms with Crippen molar-refractivity contribution in [3.63, 3.8) is 0 Å². The zero-order chi connectivity index (χ0) is 28.2. The summed E-state index contributed by atoms with van der Waals surface area (Å²) in [5, 5.41) is 0. The standard InChI is InChI=1S/C16H22N4.2CHF3O3S.Fe/c1-19(2)11-12-20(13-15-7-3-5-9-17-15)14-16-8-4-6-10-18-16;2*2-1(3,4)8(5,6)7;/h3-10H,11-14H2,1-2H3;2*(H,5,6,7);/q;;;+4/p-2. The Kier molecular flexibility index (Phi) is 16.3. The summed E-state index contributed by atoms with van der Waals surface area (Å²) < 4.78 is 118. The van der Waals surface area contributed by atoms with Crippen LogP contribution in [0.5, 0.6) is 0 Å². The van der Waals surface area contributed by atoms with Gasteiger partial charge in [-0.25, -0.2) is 16.8 Å². The van der Waals surface area contributed by atoms with Gasteiger partial charge >= 0.3 is 28.1 Å². The molecule has 2 aromatic rings. The quantitative estimate of drug-likeness (QED) is 0.194. The normalized spacial score (nSPS) is 12.1. The molecule has 0 saturated heterocycles. The van der Waals surface area contributed by atoms with Crippen LogP contribution in [0.2, 0.25) is 0 Å². The fourth-order valence-corrected chi connectivity index (χ4v) is 2.00. The summed E-state index contributed by atoms with van der Waals surface area (Å²) in [5.41, 5.74) is -9.09. The molecule has 2 rings (SSSR count). The number of rotatable bonds is 7. The van der Waals surface area contributed by atoms with E-state index in [9.17, 15) is 26.3 Å². The second-order valence-corrected chi connectivity index (χ2v) is 9.70. The topological polar surface area (TPSA) is 147 Å². The largest absolute Gasteiger partial charge is 4.00 e. The Hall–Kier alpha value is -1.86. The van der Waals surface area contributed by atoms with Crippen molar-refractivity contribution in [2.75, 3.05) is 27.2 Å². The first-order valence-corrected chi connectivity index (χ1v) is 12.3.